The maximum atomic E-state index is 13.1. The smallest absolute Gasteiger partial charge is 0.265 e. The Labute approximate surface area is 180 Å². The Hall–Kier alpha value is -3.19. The molecule has 30 heavy (non-hydrogen) atoms. The van der Waals surface area contributed by atoms with Crippen LogP contribution < -0.4 is 15.5 Å². The van der Waals surface area contributed by atoms with Gasteiger partial charge in [-0.2, -0.15) is 0 Å². The minimum atomic E-state index is -0.169. The van der Waals surface area contributed by atoms with Gasteiger partial charge in [0.25, 0.3) is 11.8 Å². The van der Waals surface area contributed by atoms with Gasteiger partial charge in [-0.15, -0.1) is 11.3 Å². The molecule has 4 rings (SSSR count). The SMILES string of the molecule is O=C(Nc1ccc(N2CCCCC2)c(C(=O)NCc2cccnc2)c1)c1cccs1. The first-order chi connectivity index (χ1) is 14.7. The number of benzene rings is 1. The topological polar surface area (TPSA) is 74.3 Å². The number of nitrogens with zero attached hydrogens (tertiary/aromatic N) is 2. The van der Waals surface area contributed by atoms with E-state index in [2.05, 4.69) is 20.5 Å². The van der Waals surface area contributed by atoms with E-state index in [4.69, 9.17) is 0 Å². The van der Waals surface area contributed by atoms with Gasteiger partial charge in [-0.05, 0) is 60.5 Å². The summed E-state index contributed by atoms with van der Waals surface area (Å²) in [6, 6.07) is 13.0. The second-order valence-electron chi connectivity index (χ2n) is 7.26. The van der Waals surface area contributed by atoms with Crippen LogP contribution in [0.5, 0.6) is 0 Å². The van der Waals surface area contributed by atoms with Gasteiger partial charge in [0.15, 0.2) is 0 Å². The molecule has 1 saturated heterocycles. The van der Waals surface area contributed by atoms with E-state index in [1.54, 1.807) is 24.5 Å². The number of amides is 2. The zero-order chi connectivity index (χ0) is 20.8. The molecule has 0 aliphatic carbocycles. The molecule has 3 heterocycles. The standard InChI is InChI=1S/C23H24N4O2S/c28-22(25-16-17-6-4-10-24-15-17)19-14-18(26-23(29)21-7-5-13-30-21)8-9-20(19)27-11-2-1-3-12-27/h4-10,13-15H,1-3,11-12,16H2,(H,25,28)(H,26,29). The molecule has 1 aliphatic rings. The summed E-state index contributed by atoms with van der Waals surface area (Å²) in [5.41, 5.74) is 3.03. The van der Waals surface area contributed by atoms with Gasteiger partial charge in [-0.1, -0.05) is 12.1 Å². The number of carbonyl (C=O) groups excluding carboxylic acids is 2. The number of thiophene rings is 1. The fourth-order valence-corrected chi connectivity index (χ4v) is 4.21. The van der Waals surface area contributed by atoms with Crippen molar-refractivity contribution in [1.29, 1.82) is 0 Å². The van der Waals surface area contributed by atoms with Crippen LogP contribution in [-0.2, 0) is 6.54 Å². The Balaban J connectivity index is 1.56. The lowest BCUT2D eigenvalue weighted by molar-refractivity contribution is 0.0950. The lowest BCUT2D eigenvalue weighted by atomic mass is 10.1. The quantitative estimate of drug-likeness (QED) is 0.623. The molecule has 154 valence electrons. The summed E-state index contributed by atoms with van der Waals surface area (Å²) in [6.45, 7) is 2.27. The van der Waals surface area contributed by atoms with Crippen LogP contribution in [-0.4, -0.2) is 29.9 Å². The van der Waals surface area contributed by atoms with E-state index in [0.717, 1.165) is 37.2 Å². The molecule has 2 amide bonds. The second-order valence-corrected chi connectivity index (χ2v) is 8.20. The molecular weight excluding hydrogens is 396 g/mol. The number of pyridine rings is 1. The van der Waals surface area contributed by atoms with Crippen molar-refractivity contribution in [3.8, 4) is 0 Å². The van der Waals surface area contributed by atoms with Crippen molar-refractivity contribution >= 4 is 34.5 Å². The van der Waals surface area contributed by atoms with Crippen LogP contribution in [0.4, 0.5) is 11.4 Å². The second kappa shape index (κ2) is 9.54. The van der Waals surface area contributed by atoms with E-state index >= 15 is 0 Å². The third-order valence-corrected chi connectivity index (χ3v) is 5.99. The van der Waals surface area contributed by atoms with Crippen LogP contribution in [0.1, 0.15) is 44.9 Å². The molecule has 7 heteroatoms. The largest absolute Gasteiger partial charge is 0.371 e. The summed E-state index contributed by atoms with van der Waals surface area (Å²) >= 11 is 1.39. The molecule has 1 aliphatic heterocycles. The highest BCUT2D eigenvalue weighted by Crippen LogP contribution is 2.28. The number of rotatable bonds is 6. The van der Waals surface area contributed by atoms with Crippen LogP contribution in [0, 0.1) is 0 Å². The maximum Gasteiger partial charge on any atom is 0.265 e. The summed E-state index contributed by atoms with van der Waals surface area (Å²) in [4.78, 5) is 32.5. The summed E-state index contributed by atoms with van der Waals surface area (Å²) < 4.78 is 0. The molecule has 1 fully saturated rings. The van der Waals surface area contributed by atoms with Gasteiger partial charge in [0.05, 0.1) is 10.4 Å². The highest BCUT2D eigenvalue weighted by Gasteiger charge is 2.20. The molecule has 3 aromatic rings. The van der Waals surface area contributed by atoms with E-state index in [1.807, 2.05) is 35.7 Å². The van der Waals surface area contributed by atoms with Crippen molar-refractivity contribution in [2.75, 3.05) is 23.3 Å². The van der Waals surface area contributed by atoms with Crippen molar-refractivity contribution < 1.29 is 9.59 Å². The van der Waals surface area contributed by atoms with Gasteiger partial charge in [-0.3, -0.25) is 14.6 Å². The molecule has 0 spiro atoms. The first-order valence-electron chi connectivity index (χ1n) is 10.1. The number of carbonyl (C=O) groups is 2. The molecule has 0 radical (unpaired) electrons. The summed E-state index contributed by atoms with van der Waals surface area (Å²) in [5, 5.41) is 7.76. The van der Waals surface area contributed by atoms with Crippen molar-refractivity contribution in [3.63, 3.8) is 0 Å². The number of hydrogen-bond donors (Lipinski definition) is 2. The Morgan fingerprint density at radius 2 is 1.90 bits per heavy atom. The first-order valence-corrected chi connectivity index (χ1v) is 11.0. The molecule has 6 nitrogen and oxygen atoms in total. The van der Waals surface area contributed by atoms with Gasteiger partial charge < -0.3 is 15.5 Å². The third kappa shape index (κ3) is 4.86. The number of piperidine rings is 1. The minimum Gasteiger partial charge on any atom is -0.371 e. The number of hydrogen-bond acceptors (Lipinski definition) is 5. The van der Waals surface area contributed by atoms with Crippen molar-refractivity contribution in [3.05, 3.63) is 76.2 Å². The third-order valence-electron chi connectivity index (χ3n) is 5.12. The molecule has 1 aromatic carbocycles. The van der Waals surface area contributed by atoms with Crippen LogP contribution in [0.25, 0.3) is 0 Å². The Bertz CT molecular complexity index is 999. The van der Waals surface area contributed by atoms with Gasteiger partial charge in [-0.25, -0.2) is 0 Å². The molecule has 0 unspecified atom stereocenters. The Morgan fingerprint density at radius 1 is 1.03 bits per heavy atom. The van der Waals surface area contributed by atoms with Gasteiger partial charge >= 0.3 is 0 Å². The average molecular weight is 421 g/mol. The van der Waals surface area contributed by atoms with Crippen LogP contribution in [0.15, 0.2) is 60.2 Å². The molecule has 0 bridgehead atoms. The molecule has 2 N–H and O–H groups in total. The van der Waals surface area contributed by atoms with E-state index in [-0.39, 0.29) is 11.8 Å². The fourth-order valence-electron chi connectivity index (χ4n) is 3.59. The Morgan fingerprint density at radius 3 is 2.63 bits per heavy atom. The first kappa shape index (κ1) is 20.1. The predicted molar refractivity (Wildman–Crippen MR) is 120 cm³/mol. The van der Waals surface area contributed by atoms with E-state index in [1.165, 1.54) is 17.8 Å². The highest BCUT2D eigenvalue weighted by atomic mass is 32.1. The maximum absolute atomic E-state index is 13.1. The summed E-state index contributed by atoms with van der Waals surface area (Å²) in [7, 11) is 0. The van der Waals surface area contributed by atoms with Crippen LogP contribution >= 0.6 is 11.3 Å². The summed E-state index contributed by atoms with van der Waals surface area (Å²) in [6.07, 6.45) is 6.90. The summed E-state index contributed by atoms with van der Waals surface area (Å²) in [5.74, 6) is -0.330. The lowest BCUT2D eigenvalue weighted by Crippen LogP contribution is -2.32. The molecule has 0 atom stereocenters. The van der Waals surface area contributed by atoms with E-state index in [9.17, 15) is 9.59 Å². The van der Waals surface area contributed by atoms with Crippen LogP contribution in [0.2, 0.25) is 0 Å². The lowest BCUT2D eigenvalue weighted by Gasteiger charge is -2.30. The minimum absolute atomic E-state index is 0.161. The van der Waals surface area contributed by atoms with Gasteiger partial charge in [0.2, 0.25) is 0 Å². The molecule has 2 aromatic heterocycles. The average Bonchev–Trinajstić information content (AvgIpc) is 3.34. The Kier molecular flexibility index (Phi) is 6.39. The van der Waals surface area contributed by atoms with E-state index < -0.39 is 0 Å². The monoisotopic (exact) mass is 420 g/mol. The van der Waals surface area contributed by atoms with Crippen molar-refractivity contribution in [2.45, 2.75) is 25.8 Å². The predicted octanol–water partition coefficient (Wildman–Crippen LogP) is 4.32. The highest BCUT2D eigenvalue weighted by molar-refractivity contribution is 7.12. The number of nitrogens with one attached hydrogen (secondary N) is 2. The normalized spacial score (nSPS) is 13.7. The van der Waals surface area contributed by atoms with Gasteiger partial charge in [0.1, 0.15) is 0 Å². The fraction of sp³-hybridized carbons (Fsp3) is 0.261. The van der Waals surface area contributed by atoms with Crippen molar-refractivity contribution in [1.82, 2.24) is 10.3 Å². The molecule has 0 saturated carbocycles. The zero-order valence-electron chi connectivity index (χ0n) is 16.6. The van der Waals surface area contributed by atoms with Gasteiger partial charge in [0, 0.05) is 43.4 Å². The zero-order valence-corrected chi connectivity index (χ0v) is 17.5. The number of anilines is 2. The van der Waals surface area contributed by atoms with Crippen LogP contribution in [0.3, 0.4) is 0 Å². The number of aromatic nitrogens is 1. The van der Waals surface area contributed by atoms with Crippen molar-refractivity contribution in [2.24, 2.45) is 0 Å². The van der Waals surface area contributed by atoms with E-state index in [0.29, 0.717) is 22.7 Å². The molecular formula is C23H24N4O2S.